The van der Waals surface area contributed by atoms with Gasteiger partial charge in [-0.1, -0.05) is 30.3 Å². The van der Waals surface area contributed by atoms with Gasteiger partial charge >= 0.3 is 0 Å². The summed E-state index contributed by atoms with van der Waals surface area (Å²) in [5, 5.41) is 11.7. The van der Waals surface area contributed by atoms with Crippen molar-refractivity contribution in [3.05, 3.63) is 35.9 Å². The molecule has 2 amide bonds. The number of benzene rings is 1. The molecule has 0 aliphatic rings. The molecule has 0 fully saturated rings. The number of aliphatic hydroxyl groups is 1. The normalized spacial score (nSPS) is 12.9. The van der Waals surface area contributed by atoms with Crippen molar-refractivity contribution in [2.24, 2.45) is 5.73 Å². The average molecular weight is 303 g/mol. The zero-order valence-corrected chi connectivity index (χ0v) is 11.9. The van der Waals surface area contributed by atoms with E-state index in [0.29, 0.717) is 6.42 Å². The van der Waals surface area contributed by atoms with Crippen LogP contribution >= 0.6 is 12.4 Å². The number of carbonyl (C=O) groups excluding carboxylic acids is 2. The van der Waals surface area contributed by atoms with Crippen LogP contribution in [0.25, 0.3) is 0 Å². The maximum Gasteiger partial charge on any atom is 0.257 e. The zero-order chi connectivity index (χ0) is 14.3. The van der Waals surface area contributed by atoms with Crippen LogP contribution in [0.3, 0.4) is 0 Å². The molecule has 20 heavy (non-hydrogen) atoms. The van der Waals surface area contributed by atoms with E-state index in [-0.39, 0.29) is 19.0 Å². The molecule has 112 valence electrons. The number of methoxy groups -OCH3 is 1. The molecule has 0 aliphatic heterocycles. The first-order valence-electron chi connectivity index (χ1n) is 5.84. The van der Waals surface area contributed by atoms with Crippen molar-refractivity contribution in [1.82, 2.24) is 5.32 Å². The number of ether oxygens (including phenoxy) is 1. The lowest BCUT2D eigenvalue weighted by Crippen LogP contribution is -2.49. The van der Waals surface area contributed by atoms with E-state index in [1.807, 2.05) is 35.6 Å². The molecule has 1 aromatic rings. The van der Waals surface area contributed by atoms with E-state index in [4.69, 9.17) is 5.73 Å². The Morgan fingerprint density at radius 3 is 2.50 bits per heavy atom. The van der Waals surface area contributed by atoms with Crippen LogP contribution in [0.5, 0.6) is 0 Å². The second-order valence-corrected chi connectivity index (χ2v) is 4.14. The van der Waals surface area contributed by atoms with E-state index in [9.17, 15) is 14.7 Å². The van der Waals surface area contributed by atoms with E-state index in [1.165, 1.54) is 7.11 Å². The molecule has 0 saturated heterocycles. The summed E-state index contributed by atoms with van der Waals surface area (Å²) in [7, 11) is 1.33. The van der Waals surface area contributed by atoms with Crippen molar-refractivity contribution in [3.8, 4) is 0 Å². The summed E-state index contributed by atoms with van der Waals surface area (Å²) in [5.74, 6) is -1.43. The number of amides is 2. The van der Waals surface area contributed by atoms with Crippen LogP contribution < -0.4 is 11.1 Å². The van der Waals surface area contributed by atoms with Crippen LogP contribution in [0.15, 0.2) is 30.3 Å². The van der Waals surface area contributed by atoms with Gasteiger partial charge in [0.15, 0.2) is 0 Å². The van der Waals surface area contributed by atoms with Crippen molar-refractivity contribution >= 4 is 24.2 Å². The Kier molecular flexibility index (Phi) is 8.74. The molecule has 0 aromatic heterocycles. The first-order valence-corrected chi connectivity index (χ1v) is 5.84. The van der Waals surface area contributed by atoms with E-state index in [1.54, 1.807) is 0 Å². The summed E-state index contributed by atoms with van der Waals surface area (Å²) in [5.41, 5.74) is 6.65. The molecule has 0 unspecified atom stereocenters. The van der Waals surface area contributed by atoms with Crippen molar-refractivity contribution < 1.29 is 19.4 Å². The van der Waals surface area contributed by atoms with Gasteiger partial charge in [-0.15, -0.1) is 12.4 Å². The fourth-order valence-electron chi connectivity index (χ4n) is 1.57. The third-order valence-corrected chi connectivity index (χ3v) is 2.53. The monoisotopic (exact) mass is 302 g/mol. The minimum atomic E-state index is -1.44. The van der Waals surface area contributed by atoms with Gasteiger partial charge in [-0.05, 0) is 12.0 Å². The standard InChI is InChI=1S/C13H18N2O4.ClH/c1-19-8-11(16)15-13(18)12(17)10(14)7-9-5-3-2-4-6-9;/h2-6,10,12,17H,7-8,14H2,1H3,(H,15,16,18);1H/t10-,12+;/m1./s1. The van der Waals surface area contributed by atoms with Crippen LogP contribution in [0, 0.1) is 0 Å². The summed E-state index contributed by atoms with van der Waals surface area (Å²) >= 11 is 0. The highest BCUT2D eigenvalue weighted by Gasteiger charge is 2.24. The highest BCUT2D eigenvalue weighted by atomic mass is 35.5. The summed E-state index contributed by atoms with van der Waals surface area (Å²) in [6, 6.07) is 8.47. The van der Waals surface area contributed by atoms with Gasteiger partial charge in [0.05, 0.1) is 0 Å². The Morgan fingerprint density at radius 1 is 1.35 bits per heavy atom. The Balaban J connectivity index is 0.00000361. The van der Waals surface area contributed by atoms with Crippen molar-refractivity contribution in [1.29, 1.82) is 0 Å². The highest BCUT2D eigenvalue weighted by molar-refractivity contribution is 5.98. The zero-order valence-electron chi connectivity index (χ0n) is 11.1. The fraction of sp³-hybridized carbons (Fsp3) is 0.385. The van der Waals surface area contributed by atoms with Crippen molar-refractivity contribution in [3.63, 3.8) is 0 Å². The van der Waals surface area contributed by atoms with Gasteiger partial charge in [-0.25, -0.2) is 0 Å². The summed E-state index contributed by atoms with van der Waals surface area (Å²) < 4.78 is 4.56. The number of imide groups is 1. The van der Waals surface area contributed by atoms with Gasteiger partial charge in [0.25, 0.3) is 11.8 Å². The molecular formula is C13H19ClN2O4. The molecule has 4 N–H and O–H groups in total. The molecule has 7 heteroatoms. The van der Waals surface area contributed by atoms with Crippen molar-refractivity contribution in [2.75, 3.05) is 13.7 Å². The average Bonchev–Trinajstić information content (AvgIpc) is 2.39. The Labute approximate surface area is 123 Å². The number of rotatable bonds is 6. The first kappa shape index (κ1) is 18.5. The van der Waals surface area contributed by atoms with E-state index >= 15 is 0 Å². The van der Waals surface area contributed by atoms with Crippen LogP contribution in [0.1, 0.15) is 5.56 Å². The molecule has 6 nitrogen and oxygen atoms in total. The van der Waals surface area contributed by atoms with E-state index < -0.39 is 24.0 Å². The third kappa shape index (κ3) is 6.12. The molecule has 0 aliphatic carbocycles. The summed E-state index contributed by atoms with van der Waals surface area (Å²) in [6.07, 6.45) is -1.10. The van der Waals surface area contributed by atoms with Gasteiger partial charge in [0.2, 0.25) is 0 Å². The lowest BCUT2D eigenvalue weighted by molar-refractivity contribution is -0.138. The summed E-state index contributed by atoms with van der Waals surface area (Å²) in [4.78, 5) is 22.7. The highest BCUT2D eigenvalue weighted by Crippen LogP contribution is 2.04. The van der Waals surface area contributed by atoms with E-state index in [2.05, 4.69) is 4.74 Å². The topological polar surface area (TPSA) is 102 Å². The molecule has 0 heterocycles. The second-order valence-electron chi connectivity index (χ2n) is 4.14. The molecule has 2 atom stereocenters. The number of aliphatic hydroxyl groups excluding tert-OH is 1. The maximum atomic E-state index is 11.5. The molecule has 1 aromatic carbocycles. The number of nitrogens with one attached hydrogen (secondary N) is 1. The van der Waals surface area contributed by atoms with Gasteiger partial charge in [-0.2, -0.15) is 0 Å². The molecule has 0 saturated carbocycles. The largest absolute Gasteiger partial charge is 0.382 e. The number of carbonyl (C=O) groups is 2. The number of hydrogen-bond acceptors (Lipinski definition) is 5. The molecule has 1 rings (SSSR count). The predicted octanol–water partition coefficient (Wildman–Crippen LogP) is -0.372. The first-order chi connectivity index (χ1) is 9.04. The van der Waals surface area contributed by atoms with E-state index in [0.717, 1.165) is 5.56 Å². The minimum absolute atomic E-state index is 0. The van der Waals surface area contributed by atoms with Gasteiger partial charge in [-0.3, -0.25) is 14.9 Å². The Morgan fingerprint density at radius 2 is 1.95 bits per heavy atom. The van der Waals surface area contributed by atoms with Crippen LogP contribution in [0.2, 0.25) is 0 Å². The second kappa shape index (κ2) is 9.44. The van der Waals surface area contributed by atoms with Crippen LogP contribution in [-0.2, 0) is 20.7 Å². The number of hydrogen-bond donors (Lipinski definition) is 3. The predicted molar refractivity (Wildman–Crippen MR) is 76.4 cm³/mol. The van der Waals surface area contributed by atoms with Gasteiger partial charge in [0, 0.05) is 13.2 Å². The number of nitrogens with two attached hydrogens (primary N) is 1. The Bertz CT molecular complexity index is 428. The fourth-order valence-corrected chi connectivity index (χ4v) is 1.57. The maximum absolute atomic E-state index is 11.5. The molecule has 0 bridgehead atoms. The quantitative estimate of drug-likeness (QED) is 0.665. The molecule has 0 spiro atoms. The SMILES string of the molecule is COCC(=O)NC(=O)[C@@H](O)[C@H](N)Cc1ccccc1.Cl. The minimum Gasteiger partial charge on any atom is -0.382 e. The third-order valence-electron chi connectivity index (χ3n) is 2.53. The van der Waals surface area contributed by atoms with Crippen LogP contribution in [-0.4, -0.2) is 42.8 Å². The van der Waals surface area contributed by atoms with Crippen molar-refractivity contribution in [2.45, 2.75) is 18.6 Å². The number of halogens is 1. The lowest BCUT2D eigenvalue weighted by Gasteiger charge is -2.17. The van der Waals surface area contributed by atoms with Crippen LogP contribution in [0.4, 0.5) is 0 Å². The van der Waals surface area contributed by atoms with Gasteiger partial charge < -0.3 is 15.6 Å². The molecular weight excluding hydrogens is 284 g/mol. The molecule has 0 radical (unpaired) electrons. The lowest BCUT2D eigenvalue weighted by atomic mass is 10.0. The van der Waals surface area contributed by atoms with Gasteiger partial charge in [0.1, 0.15) is 12.7 Å². The summed E-state index contributed by atoms with van der Waals surface area (Å²) in [6.45, 7) is -0.244. The smallest absolute Gasteiger partial charge is 0.257 e. The Hall–Kier alpha value is -1.47.